The van der Waals surface area contributed by atoms with Gasteiger partial charge >= 0.3 is 6.18 Å². The Hall–Kier alpha value is -2.33. The van der Waals surface area contributed by atoms with Gasteiger partial charge < -0.3 is 5.32 Å². The van der Waals surface area contributed by atoms with E-state index in [1.165, 1.54) is 19.1 Å². The summed E-state index contributed by atoms with van der Waals surface area (Å²) >= 11 is 11.8. The molecule has 3 atom stereocenters. The molecule has 1 aliphatic heterocycles. The van der Waals surface area contributed by atoms with Crippen LogP contribution in [0, 0.1) is 5.92 Å². The zero-order chi connectivity index (χ0) is 21.9. The average molecular weight is 460 g/mol. The molecule has 1 heterocycles. The highest BCUT2D eigenvalue weighted by molar-refractivity contribution is 6.31. The van der Waals surface area contributed by atoms with E-state index in [2.05, 4.69) is 26.5 Å². The Morgan fingerprint density at radius 1 is 1.07 bits per heavy atom. The summed E-state index contributed by atoms with van der Waals surface area (Å²) in [4.78, 5) is 16.8. The third-order valence-corrected chi connectivity index (χ3v) is 4.94. The molecular formula is C19H18Cl2F3N5O. The van der Waals surface area contributed by atoms with Crippen LogP contribution < -0.4 is 21.5 Å². The van der Waals surface area contributed by atoms with Gasteiger partial charge in [-0.3, -0.25) is 10.1 Å². The molecule has 11 heteroatoms. The fourth-order valence-electron chi connectivity index (χ4n) is 2.87. The van der Waals surface area contributed by atoms with Gasteiger partial charge in [-0.1, -0.05) is 36.2 Å². The van der Waals surface area contributed by atoms with Crippen LogP contribution in [0.2, 0.25) is 10.0 Å². The molecule has 6 nitrogen and oxygen atoms in total. The zero-order valence-corrected chi connectivity index (χ0v) is 17.1. The van der Waals surface area contributed by atoms with E-state index in [0.29, 0.717) is 21.3 Å². The van der Waals surface area contributed by atoms with Gasteiger partial charge in [-0.2, -0.15) is 13.2 Å². The monoisotopic (exact) mass is 459 g/mol. The maximum absolute atomic E-state index is 13.1. The van der Waals surface area contributed by atoms with Gasteiger partial charge in [-0.25, -0.2) is 15.8 Å². The maximum atomic E-state index is 13.1. The molecule has 0 spiro atoms. The van der Waals surface area contributed by atoms with Crippen LogP contribution in [0.25, 0.3) is 0 Å². The molecule has 2 aromatic carbocycles. The summed E-state index contributed by atoms with van der Waals surface area (Å²) in [6.45, 7) is 1.41. The van der Waals surface area contributed by atoms with E-state index < -0.39 is 30.2 Å². The van der Waals surface area contributed by atoms with Gasteiger partial charge in [0.2, 0.25) is 5.96 Å². The van der Waals surface area contributed by atoms with Crippen LogP contribution in [-0.4, -0.2) is 30.3 Å². The lowest BCUT2D eigenvalue weighted by Gasteiger charge is -2.20. The molecule has 0 bridgehead atoms. The number of aliphatic imine (C=N–C) groups is 1. The molecule has 1 fully saturated rings. The Kier molecular flexibility index (Phi) is 6.87. The minimum Gasteiger partial charge on any atom is -0.326 e. The molecule has 2 aromatic rings. The number of carbonyl (C=O) groups excluding carboxylic acids is 1. The summed E-state index contributed by atoms with van der Waals surface area (Å²) in [6.07, 6.45) is -5.38. The third kappa shape index (κ3) is 5.63. The van der Waals surface area contributed by atoms with Gasteiger partial charge in [-0.15, -0.1) is 0 Å². The lowest BCUT2D eigenvalue weighted by molar-refractivity contribution is -0.160. The summed E-state index contributed by atoms with van der Waals surface area (Å²) in [7, 11) is 0. The number of alkyl halides is 3. The number of anilines is 1. The molecular weight excluding hydrogens is 442 g/mol. The van der Waals surface area contributed by atoms with Crippen LogP contribution in [-0.2, 0) is 0 Å². The molecule has 1 aliphatic rings. The predicted octanol–water partition coefficient (Wildman–Crippen LogP) is 4.19. The van der Waals surface area contributed by atoms with Gasteiger partial charge in [0.25, 0.3) is 5.91 Å². The number of rotatable bonds is 3. The Balaban J connectivity index is 1.84. The number of benzene rings is 2. The molecule has 3 unspecified atom stereocenters. The molecule has 3 rings (SSSR count). The highest BCUT2D eigenvalue weighted by Crippen LogP contribution is 2.30. The molecule has 1 amide bonds. The molecule has 1 saturated heterocycles. The largest absolute Gasteiger partial charge is 0.405 e. The molecule has 0 radical (unpaired) electrons. The molecule has 30 heavy (non-hydrogen) atoms. The second kappa shape index (κ2) is 9.22. The van der Waals surface area contributed by atoms with Crippen molar-refractivity contribution in [2.75, 3.05) is 5.32 Å². The SMILES string of the molecule is CC1C(N=C(NC(=O)c2ccc(Cl)cc2)Nc2cccc(Cl)c2)NNC1C(F)(F)F. The summed E-state index contributed by atoms with van der Waals surface area (Å²) in [6, 6.07) is 11.0. The Morgan fingerprint density at radius 3 is 2.37 bits per heavy atom. The first-order valence-corrected chi connectivity index (χ1v) is 9.64. The normalized spacial score (nSPS) is 22.1. The van der Waals surface area contributed by atoms with Crippen LogP contribution in [0.1, 0.15) is 17.3 Å². The minimum absolute atomic E-state index is 0.0359. The minimum atomic E-state index is -4.44. The van der Waals surface area contributed by atoms with Crippen molar-refractivity contribution in [2.45, 2.75) is 25.3 Å². The van der Waals surface area contributed by atoms with Gasteiger partial charge in [-0.05, 0) is 42.5 Å². The van der Waals surface area contributed by atoms with E-state index in [0.717, 1.165) is 0 Å². The first-order valence-electron chi connectivity index (χ1n) is 8.88. The van der Waals surface area contributed by atoms with Crippen molar-refractivity contribution in [1.29, 1.82) is 0 Å². The second-order valence-electron chi connectivity index (χ2n) is 6.69. The first-order chi connectivity index (χ1) is 14.1. The quantitative estimate of drug-likeness (QED) is 0.409. The van der Waals surface area contributed by atoms with Crippen molar-refractivity contribution in [1.82, 2.24) is 16.2 Å². The smallest absolute Gasteiger partial charge is 0.326 e. The van der Waals surface area contributed by atoms with Crippen LogP contribution >= 0.6 is 23.2 Å². The van der Waals surface area contributed by atoms with E-state index in [1.54, 1.807) is 36.4 Å². The van der Waals surface area contributed by atoms with E-state index in [9.17, 15) is 18.0 Å². The fourth-order valence-corrected chi connectivity index (χ4v) is 3.19. The van der Waals surface area contributed by atoms with Crippen molar-refractivity contribution in [3.8, 4) is 0 Å². The number of amides is 1. The Labute approximate surface area is 180 Å². The first kappa shape index (κ1) is 22.4. The van der Waals surface area contributed by atoms with Crippen molar-refractivity contribution in [2.24, 2.45) is 10.9 Å². The van der Waals surface area contributed by atoms with E-state index >= 15 is 0 Å². The number of hydrogen-bond acceptors (Lipinski definition) is 4. The van der Waals surface area contributed by atoms with E-state index in [-0.39, 0.29) is 5.96 Å². The van der Waals surface area contributed by atoms with Gasteiger partial charge in [0.05, 0.1) is 0 Å². The Bertz CT molecular complexity index is 937. The lowest BCUT2D eigenvalue weighted by atomic mass is 10.0. The summed E-state index contributed by atoms with van der Waals surface area (Å²) in [5.41, 5.74) is 5.53. The summed E-state index contributed by atoms with van der Waals surface area (Å²) < 4.78 is 39.3. The second-order valence-corrected chi connectivity index (χ2v) is 7.56. The number of nitrogens with zero attached hydrogens (tertiary/aromatic N) is 1. The highest BCUT2D eigenvalue weighted by Gasteiger charge is 2.49. The number of hydrazine groups is 1. The summed E-state index contributed by atoms with van der Waals surface area (Å²) in [5, 5.41) is 6.38. The third-order valence-electron chi connectivity index (χ3n) is 4.46. The fraction of sp³-hybridized carbons (Fsp3) is 0.263. The van der Waals surface area contributed by atoms with Crippen molar-refractivity contribution < 1.29 is 18.0 Å². The molecule has 0 aromatic heterocycles. The average Bonchev–Trinajstić information content (AvgIpc) is 3.03. The predicted molar refractivity (Wildman–Crippen MR) is 110 cm³/mol. The number of halogens is 5. The standard InChI is InChI=1S/C19H18Cl2F3N5O/c1-10-15(19(22,23)24)28-29-16(10)26-18(25-14-4-2-3-13(21)9-14)27-17(30)11-5-7-12(20)8-6-11/h2-10,15-16,28-29H,1H3,(H2,25,26,27,30). The molecule has 160 valence electrons. The zero-order valence-electron chi connectivity index (χ0n) is 15.6. The van der Waals surface area contributed by atoms with Crippen LogP contribution in [0.5, 0.6) is 0 Å². The van der Waals surface area contributed by atoms with E-state index in [4.69, 9.17) is 23.2 Å². The molecule has 0 aliphatic carbocycles. The van der Waals surface area contributed by atoms with Crippen molar-refractivity contribution in [3.05, 3.63) is 64.1 Å². The number of carbonyl (C=O) groups is 1. The van der Waals surface area contributed by atoms with Crippen LogP contribution in [0.4, 0.5) is 18.9 Å². The van der Waals surface area contributed by atoms with Crippen molar-refractivity contribution >= 4 is 40.8 Å². The van der Waals surface area contributed by atoms with E-state index in [1.807, 2.05) is 0 Å². The topological polar surface area (TPSA) is 77.5 Å². The van der Waals surface area contributed by atoms with Crippen molar-refractivity contribution in [3.63, 3.8) is 0 Å². The van der Waals surface area contributed by atoms with Gasteiger partial charge in [0.15, 0.2) is 0 Å². The summed E-state index contributed by atoms with van der Waals surface area (Å²) in [5.74, 6) is -1.47. The van der Waals surface area contributed by atoms with Gasteiger partial charge in [0.1, 0.15) is 12.2 Å². The Morgan fingerprint density at radius 2 is 1.77 bits per heavy atom. The highest BCUT2D eigenvalue weighted by atomic mass is 35.5. The molecule has 4 N–H and O–H groups in total. The number of nitrogens with one attached hydrogen (secondary N) is 4. The number of hydrogen-bond donors (Lipinski definition) is 4. The van der Waals surface area contributed by atoms with Crippen LogP contribution in [0.15, 0.2) is 53.5 Å². The van der Waals surface area contributed by atoms with Crippen LogP contribution in [0.3, 0.4) is 0 Å². The number of guanidine groups is 1. The maximum Gasteiger partial charge on any atom is 0.405 e. The van der Waals surface area contributed by atoms with Gasteiger partial charge in [0, 0.05) is 27.2 Å². The molecule has 0 saturated carbocycles. The lowest BCUT2D eigenvalue weighted by Crippen LogP contribution is -2.43.